The Morgan fingerprint density at radius 2 is 1.91 bits per heavy atom. The number of aromatic nitrogens is 2. The van der Waals surface area contributed by atoms with Crippen LogP contribution in [0.25, 0.3) is 10.9 Å². The van der Waals surface area contributed by atoms with Gasteiger partial charge in [0, 0.05) is 11.1 Å². The monoisotopic (exact) mass is 369 g/mol. The van der Waals surface area contributed by atoms with Crippen LogP contribution >= 0.6 is 15.9 Å². The number of halogens is 4. The maximum Gasteiger partial charge on any atom is 0.416 e. The van der Waals surface area contributed by atoms with Crippen LogP contribution in [0.2, 0.25) is 0 Å². The molecule has 0 aliphatic carbocycles. The van der Waals surface area contributed by atoms with E-state index >= 15 is 0 Å². The van der Waals surface area contributed by atoms with Crippen LogP contribution in [0.5, 0.6) is 0 Å². The van der Waals surface area contributed by atoms with Crippen molar-refractivity contribution in [3.63, 3.8) is 0 Å². The highest BCUT2D eigenvalue weighted by atomic mass is 79.9. The number of fused-ring (bicyclic) bond motifs is 1. The molecule has 2 aromatic carbocycles. The molecule has 0 unspecified atom stereocenters. The molecule has 22 heavy (non-hydrogen) atoms. The van der Waals surface area contributed by atoms with Gasteiger partial charge < -0.3 is 5.73 Å². The molecule has 0 fully saturated rings. The molecule has 2 N–H and O–H groups in total. The SMILES string of the molecule is Nc1ccc2c(c1)c(Br)nn2Cc1cccc(C(F)(F)F)c1. The number of nitrogens with zero attached hydrogens (tertiary/aromatic N) is 2. The van der Waals surface area contributed by atoms with Crippen molar-refractivity contribution in [2.75, 3.05) is 5.73 Å². The van der Waals surface area contributed by atoms with Crippen LogP contribution < -0.4 is 5.73 Å². The molecule has 0 spiro atoms. The van der Waals surface area contributed by atoms with E-state index in [0.29, 0.717) is 15.9 Å². The summed E-state index contributed by atoms with van der Waals surface area (Å²) in [4.78, 5) is 0. The number of anilines is 1. The number of alkyl halides is 3. The molecular weight excluding hydrogens is 359 g/mol. The Hall–Kier alpha value is -2.02. The minimum atomic E-state index is -4.35. The second kappa shape index (κ2) is 5.31. The van der Waals surface area contributed by atoms with Gasteiger partial charge in [0.05, 0.1) is 17.6 Å². The Morgan fingerprint density at radius 3 is 2.64 bits per heavy atom. The number of nitrogens with two attached hydrogens (primary N) is 1. The molecule has 0 atom stereocenters. The molecule has 114 valence electrons. The lowest BCUT2D eigenvalue weighted by Gasteiger charge is -2.09. The molecule has 0 radical (unpaired) electrons. The third-order valence-electron chi connectivity index (χ3n) is 3.32. The highest BCUT2D eigenvalue weighted by Gasteiger charge is 2.30. The van der Waals surface area contributed by atoms with Gasteiger partial charge in [-0.25, -0.2) is 0 Å². The lowest BCUT2D eigenvalue weighted by molar-refractivity contribution is -0.137. The molecule has 0 amide bonds. The molecular formula is C15H11BrF3N3. The van der Waals surface area contributed by atoms with Crippen molar-refractivity contribution >= 4 is 32.5 Å². The Labute approximate surface area is 132 Å². The molecule has 1 aromatic heterocycles. The van der Waals surface area contributed by atoms with E-state index in [0.717, 1.165) is 23.0 Å². The van der Waals surface area contributed by atoms with Crippen molar-refractivity contribution in [1.82, 2.24) is 9.78 Å². The summed E-state index contributed by atoms with van der Waals surface area (Å²) in [5.41, 5.74) is 7.02. The Balaban J connectivity index is 2.00. The van der Waals surface area contributed by atoms with E-state index in [9.17, 15) is 13.2 Å². The summed E-state index contributed by atoms with van der Waals surface area (Å²) in [6, 6.07) is 10.6. The predicted octanol–water partition coefficient (Wildman–Crippen LogP) is 4.45. The number of hydrogen-bond donors (Lipinski definition) is 1. The predicted molar refractivity (Wildman–Crippen MR) is 82.4 cm³/mol. The second-order valence-electron chi connectivity index (χ2n) is 4.92. The largest absolute Gasteiger partial charge is 0.416 e. The zero-order chi connectivity index (χ0) is 15.9. The van der Waals surface area contributed by atoms with E-state index in [1.807, 2.05) is 0 Å². The summed E-state index contributed by atoms with van der Waals surface area (Å²) in [6.45, 7) is 0.246. The van der Waals surface area contributed by atoms with Crippen molar-refractivity contribution < 1.29 is 13.2 Å². The van der Waals surface area contributed by atoms with Crippen LogP contribution in [0.15, 0.2) is 47.1 Å². The molecule has 0 saturated heterocycles. The smallest absolute Gasteiger partial charge is 0.399 e. The van der Waals surface area contributed by atoms with Gasteiger partial charge in [0.15, 0.2) is 0 Å². The Kier molecular flexibility index (Phi) is 3.60. The van der Waals surface area contributed by atoms with Crippen LogP contribution in [0.3, 0.4) is 0 Å². The first-order valence-corrected chi connectivity index (χ1v) is 7.21. The van der Waals surface area contributed by atoms with Crippen LogP contribution in [-0.2, 0) is 12.7 Å². The average molecular weight is 370 g/mol. The molecule has 1 heterocycles. The minimum absolute atomic E-state index is 0.246. The van der Waals surface area contributed by atoms with E-state index in [1.165, 1.54) is 6.07 Å². The quantitative estimate of drug-likeness (QED) is 0.678. The average Bonchev–Trinajstić information content (AvgIpc) is 2.74. The van der Waals surface area contributed by atoms with E-state index < -0.39 is 11.7 Å². The number of benzene rings is 2. The van der Waals surface area contributed by atoms with Gasteiger partial charge in [-0.15, -0.1) is 0 Å². The molecule has 0 aliphatic heterocycles. The topological polar surface area (TPSA) is 43.8 Å². The normalized spacial score (nSPS) is 12.0. The van der Waals surface area contributed by atoms with Gasteiger partial charge in [-0.1, -0.05) is 12.1 Å². The molecule has 3 aromatic rings. The molecule has 0 aliphatic rings. The molecule has 0 saturated carbocycles. The standard InChI is InChI=1S/C15H11BrF3N3/c16-14-12-7-11(20)4-5-13(12)22(21-14)8-9-2-1-3-10(6-9)15(17,18)19/h1-7H,8,20H2. The summed E-state index contributed by atoms with van der Waals surface area (Å²) in [5, 5.41) is 5.14. The fourth-order valence-corrected chi connectivity index (χ4v) is 2.81. The third kappa shape index (κ3) is 2.81. The van der Waals surface area contributed by atoms with Crippen molar-refractivity contribution in [2.24, 2.45) is 0 Å². The lowest BCUT2D eigenvalue weighted by atomic mass is 10.1. The van der Waals surface area contributed by atoms with Gasteiger partial charge in [-0.2, -0.15) is 18.3 Å². The molecule has 7 heteroatoms. The number of nitrogen functional groups attached to an aromatic ring is 1. The van der Waals surface area contributed by atoms with Crippen LogP contribution in [0.1, 0.15) is 11.1 Å². The number of rotatable bonds is 2. The van der Waals surface area contributed by atoms with E-state index in [-0.39, 0.29) is 6.54 Å². The van der Waals surface area contributed by atoms with Crippen LogP contribution in [0, 0.1) is 0 Å². The van der Waals surface area contributed by atoms with Gasteiger partial charge in [-0.05, 0) is 51.8 Å². The van der Waals surface area contributed by atoms with Crippen molar-refractivity contribution in [3.05, 3.63) is 58.2 Å². The second-order valence-corrected chi connectivity index (χ2v) is 5.67. The number of hydrogen-bond acceptors (Lipinski definition) is 2. The third-order valence-corrected chi connectivity index (χ3v) is 3.90. The summed E-state index contributed by atoms with van der Waals surface area (Å²) in [7, 11) is 0. The maximum absolute atomic E-state index is 12.8. The summed E-state index contributed by atoms with van der Waals surface area (Å²) < 4.78 is 40.6. The van der Waals surface area contributed by atoms with Gasteiger partial charge in [0.1, 0.15) is 4.60 Å². The lowest BCUT2D eigenvalue weighted by Crippen LogP contribution is -2.07. The Morgan fingerprint density at radius 1 is 1.14 bits per heavy atom. The summed E-state index contributed by atoms with van der Waals surface area (Å²) >= 11 is 3.34. The fourth-order valence-electron chi connectivity index (χ4n) is 2.30. The van der Waals surface area contributed by atoms with Gasteiger partial charge >= 0.3 is 6.18 Å². The molecule has 3 rings (SSSR count). The van der Waals surface area contributed by atoms with E-state index in [2.05, 4.69) is 21.0 Å². The zero-order valence-electron chi connectivity index (χ0n) is 11.2. The van der Waals surface area contributed by atoms with Gasteiger partial charge in [-0.3, -0.25) is 4.68 Å². The first-order chi connectivity index (χ1) is 10.3. The van der Waals surface area contributed by atoms with Crippen molar-refractivity contribution in [1.29, 1.82) is 0 Å². The zero-order valence-corrected chi connectivity index (χ0v) is 12.8. The van der Waals surface area contributed by atoms with Crippen LogP contribution in [-0.4, -0.2) is 9.78 Å². The van der Waals surface area contributed by atoms with Gasteiger partial charge in [0.25, 0.3) is 0 Å². The molecule has 3 nitrogen and oxygen atoms in total. The van der Waals surface area contributed by atoms with Crippen molar-refractivity contribution in [3.8, 4) is 0 Å². The summed E-state index contributed by atoms with van der Waals surface area (Å²) in [5.74, 6) is 0. The first-order valence-electron chi connectivity index (χ1n) is 6.42. The first kappa shape index (κ1) is 14.9. The molecule has 0 bridgehead atoms. The van der Waals surface area contributed by atoms with Gasteiger partial charge in [0.2, 0.25) is 0 Å². The van der Waals surface area contributed by atoms with E-state index in [4.69, 9.17) is 5.73 Å². The fraction of sp³-hybridized carbons (Fsp3) is 0.133. The minimum Gasteiger partial charge on any atom is -0.399 e. The summed E-state index contributed by atoms with van der Waals surface area (Å²) in [6.07, 6.45) is -4.35. The van der Waals surface area contributed by atoms with E-state index in [1.54, 1.807) is 28.9 Å². The maximum atomic E-state index is 12.8. The van der Waals surface area contributed by atoms with Crippen LogP contribution in [0.4, 0.5) is 18.9 Å². The Bertz CT molecular complexity index is 840. The van der Waals surface area contributed by atoms with Crippen molar-refractivity contribution in [2.45, 2.75) is 12.7 Å². The highest BCUT2D eigenvalue weighted by Crippen LogP contribution is 2.30. The highest BCUT2D eigenvalue weighted by molar-refractivity contribution is 9.10.